The summed E-state index contributed by atoms with van der Waals surface area (Å²) in [6.07, 6.45) is -5.65. The van der Waals surface area contributed by atoms with E-state index in [1.54, 1.807) is 0 Å². The van der Waals surface area contributed by atoms with Crippen LogP contribution in [0.5, 0.6) is 5.75 Å². The van der Waals surface area contributed by atoms with Crippen LogP contribution in [0.2, 0.25) is 5.02 Å². The molecule has 4 nitrogen and oxygen atoms in total. The van der Waals surface area contributed by atoms with Crippen molar-refractivity contribution in [1.29, 1.82) is 0 Å². The fourth-order valence-corrected chi connectivity index (χ4v) is 2.95. The van der Waals surface area contributed by atoms with Gasteiger partial charge in [0.25, 0.3) is 0 Å². The van der Waals surface area contributed by atoms with Crippen LogP contribution in [0.1, 0.15) is 6.42 Å². The lowest BCUT2D eigenvalue weighted by molar-refractivity contribution is -0.139. The van der Waals surface area contributed by atoms with Crippen LogP contribution in [0.4, 0.5) is 13.2 Å². The van der Waals surface area contributed by atoms with Crippen LogP contribution in [-0.2, 0) is 10.0 Å². The second-order valence-electron chi connectivity index (χ2n) is 3.47. The van der Waals surface area contributed by atoms with E-state index >= 15 is 0 Å². The number of benzene rings is 1. The maximum absolute atomic E-state index is 12.0. The maximum Gasteiger partial charge on any atom is 0.392 e. The molecule has 0 aromatic heterocycles. The van der Waals surface area contributed by atoms with Gasteiger partial charge in [0.05, 0.1) is 18.1 Å². The first-order valence-electron chi connectivity index (χ1n) is 4.72. The molecule has 0 aliphatic carbocycles. The Kier molecular flexibility index (Phi) is 5.10. The lowest BCUT2D eigenvalue weighted by Crippen LogP contribution is -2.17. The van der Waals surface area contributed by atoms with Crippen LogP contribution in [0.3, 0.4) is 0 Å². The molecular weight excluding hydrogens is 375 g/mol. The van der Waals surface area contributed by atoms with E-state index in [9.17, 15) is 21.6 Å². The van der Waals surface area contributed by atoms with Crippen molar-refractivity contribution >= 4 is 37.6 Å². The van der Waals surface area contributed by atoms with Crippen LogP contribution in [-0.4, -0.2) is 21.2 Å². The summed E-state index contributed by atoms with van der Waals surface area (Å²) in [5.74, 6) is -0.392. The largest absolute Gasteiger partial charge is 0.490 e. The fraction of sp³-hybridized carbons (Fsp3) is 0.333. The Morgan fingerprint density at radius 3 is 2.42 bits per heavy atom. The van der Waals surface area contributed by atoms with Crippen molar-refractivity contribution in [3.63, 3.8) is 0 Å². The number of rotatable bonds is 4. The molecule has 10 heteroatoms. The molecule has 0 radical (unpaired) electrons. The van der Waals surface area contributed by atoms with E-state index in [1.807, 2.05) is 0 Å². The van der Waals surface area contributed by atoms with E-state index in [2.05, 4.69) is 15.9 Å². The van der Waals surface area contributed by atoms with Crippen LogP contribution in [0.15, 0.2) is 21.5 Å². The molecule has 0 atom stereocenters. The minimum atomic E-state index is -4.41. The summed E-state index contributed by atoms with van der Waals surface area (Å²) in [7, 11) is -4.17. The predicted molar refractivity (Wildman–Crippen MR) is 66.7 cm³/mol. The van der Waals surface area contributed by atoms with Crippen molar-refractivity contribution in [2.45, 2.75) is 17.5 Å². The molecule has 0 fully saturated rings. The van der Waals surface area contributed by atoms with Crippen LogP contribution >= 0.6 is 27.5 Å². The number of hydrogen-bond donors (Lipinski definition) is 1. The van der Waals surface area contributed by atoms with Crippen molar-refractivity contribution in [2.75, 3.05) is 6.61 Å². The molecule has 19 heavy (non-hydrogen) atoms. The Hall–Kier alpha value is -0.510. The summed E-state index contributed by atoms with van der Waals surface area (Å²) >= 11 is 8.73. The van der Waals surface area contributed by atoms with Gasteiger partial charge in [0.15, 0.2) is 5.75 Å². The molecule has 0 heterocycles. The van der Waals surface area contributed by atoms with Gasteiger partial charge in [-0.05, 0) is 12.1 Å². The van der Waals surface area contributed by atoms with Gasteiger partial charge in [0.1, 0.15) is 4.90 Å². The number of ether oxygens (including phenoxy) is 1. The molecule has 108 valence electrons. The van der Waals surface area contributed by atoms with Crippen LogP contribution in [0, 0.1) is 0 Å². The lowest BCUT2D eigenvalue weighted by atomic mass is 10.3. The first kappa shape index (κ1) is 16.5. The predicted octanol–water partition coefficient (Wildman–Crippen LogP) is 3.08. The number of hydrogen-bond acceptors (Lipinski definition) is 3. The van der Waals surface area contributed by atoms with E-state index in [0.717, 1.165) is 6.07 Å². The molecule has 0 bridgehead atoms. The summed E-state index contributed by atoms with van der Waals surface area (Å²) in [5, 5.41) is 4.79. The van der Waals surface area contributed by atoms with Gasteiger partial charge in [-0.25, -0.2) is 13.6 Å². The standard InChI is InChI=1S/C9H8BrClF3NO3S/c10-5-3-6(11)8(7(4-5)19(15,16)17)18-2-1-9(12,13)14/h3-4H,1-2H2,(H2,15,16,17). The second-order valence-corrected chi connectivity index (χ2v) is 6.33. The van der Waals surface area contributed by atoms with Crippen LogP contribution in [0.25, 0.3) is 0 Å². The normalized spacial score (nSPS) is 12.5. The number of primary sulfonamides is 1. The molecular formula is C9H8BrClF3NO3S. The van der Waals surface area contributed by atoms with E-state index in [1.165, 1.54) is 6.07 Å². The zero-order valence-corrected chi connectivity index (χ0v) is 12.3. The van der Waals surface area contributed by atoms with Crippen molar-refractivity contribution in [1.82, 2.24) is 0 Å². The summed E-state index contributed by atoms with van der Waals surface area (Å²) in [6.45, 7) is -0.757. The second kappa shape index (κ2) is 5.86. The highest BCUT2D eigenvalue weighted by Crippen LogP contribution is 2.35. The van der Waals surface area contributed by atoms with Crippen molar-refractivity contribution < 1.29 is 26.3 Å². The number of nitrogens with two attached hydrogens (primary N) is 1. The Labute approximate surface area is 120 Å². The third-order valence-electron chi connectivity index (χ3n) is 1.91. The van der Waals surface area contributed by atoms with E-state index < -0.39 is 39.9 Å². The summed E-state index contributed by atoms with van der Waals surface area (Å²) in [5.41, 5.74) is 0. The Balaban J connectivity index is 3.06. The zero-order chi connectivity index (χ0) is 14.8. The Morgan fingerprint density at radius 2 is 1.95 bits per heavy atom. The highest BCUT2D eigenvalue weighted by atomic mass is 79.9. The SMILES string of the molecule is NS(=O)(=O)c1cc(Br)cc(Cl)c1OCCC(F)(F)F. The highest BCUT2D eigenvalue weighted by Gasteiger charge is 2.28. The van der Waals surface area contributed by atoms with E-state index in [4.69, 9.17) is 21.5 Å². The fourth-order valence-electron chi connectivity index (χ4n) is 1.16. The monoisotopic (exact) mass is 381 g/mol. The van der Waals surface area contributed by atoms with Gasteiger partial charge >= 0.3 is 6.18 Å². The van der Waals surface area contributed by atoms with Gasteiger partial charge in [-0.15, -0.1) is 0 Å². The van der Waals surface area contributed by atoms with Gasteiger partial charge in [-0.2, -0.15) is 13.2 Å². The number of halogens is 5. The summed E-state index contributed by atoms with van der Waals surface area (Å²) in [6, 6.07) is 2.39. The smallest absolute Gasteiger partial charge is 0.392 e. The summed E-state index contributed by atoms with van der Waals surface area (Å²) < 4.78 is 63.7. The quantitative estimate of drug-likeness (QED) is 0.870. The van der Waals surface area contributed by atoms with Crippen molar-refractivity contribution in [3.8, 4) is 5.75 Å². The van der Waals surface area contributed by atoms with Gasteiger partial charge in [0, 0.05) is 4.47 Å². The molecule has 1 rings (SSSR count). The molecule has 1 aromatic rings. The van der Waals surface area contributed by atoms with Crippen LogP contribution < -0.4 is 9.88 Å². The maximum atomic E-state index is 12.0. The molecule has 0 spiro atoms. The Morgan fingerprint density at radius 1 is 1.37 bits per heavy atom. The van der Waals surface area contributed by atoms with Gasteiger partial charge in [-0.1, -0.05) is 27.5 Å². The first-order valence-corrected chi connectivity index (χ1v) is 7.44. The lowest BCUT2D eigenvalue weighted by Gasteiger charge is -2.13. The molecule has 0 amide bonds. The first-order chi connectivity index (χ1) is 8.50. The minimum Gasteiger partial charge on any atom is -0.490 e. The van der Waals surface area contributed by atoms with Crippen molar-refractivity contribution in [2.24, 2.45) is 5.14 Å². The molecule has 0 unspecified atom stereocenters. The average molecular weight is 383 g/mol. The van der Waals surface area contributed by atoms with Gasteiger partial charge in [0.2, 0.25) is 10.0 Å². The Bertz CT molecular complexity index is 577. The minimum absolute atomic E-state index is 0.152. The molecule has 0 aliphatic rings. The third-order valence-corrected chi connectivity index (χ3v) is 3.57. The molecule has 1 aromatic carbocycles. The molecule has 0 aliphatic heterocycles. The van der Waals surface area contributed by atoms with Crippen molar-refractivity contribution in [3.05, 3.63) is 21.6 Å². The van der Waals surface area contributed by atoms with Gasteiger partial charge < -0.3 is 4.74 Å². The summed E-state index contributed by atoms with van der Waals surface area (Å²) in [4.78, 5) is -0.478. The molecule has 0 saturated carbocycles. The van der Waals surface area contributed by atoms with Gasteiger partial charge in [-0.3, -0.25) is 0 Å². The average Bonchev–Trinajstić information content (AvgIpc) is 2.17. The molecule has 2 N–H and O–H groups in total. The molecule has 0 saturated heterocycles. The van der Waals surface area contributed by atoms with E-state index in [-0.39, 0.29) is 5.02 Å². The topological polar surface area (TPSA) is 69.4 Å². The highest BCUT2D eigenvalue weighted by molar-refractivity contribution is 9.10. The number of alkyl halides is 3. The third kappa shape index (κ3) is 5.17. The number of sulfonamides is 1. The zero-order valence-electron chi connectivity index (χ0n) is 9.17. The van der Waals surface area contributed by atoms with E-state index in [0.29, 0.717) is 4.47 Å².